The fraction of sp³-hybridized carbons (Fsp3) is 0.857. The molecule has 1 aliphatic heterocycles. The highest BCUT2D eigenvalue weighted by atomic mass is 16.5. The Hall–Kier alpha value is -0.900. The van der Waals surface area contributed by atoms with E-state index in [9.17, 15) is 0 Å². The second-order valence-corrected chi connectivity index (χ2v) is 6.71. The van der Waals surface area contributed by atoms with E-state index in [0.29, 0.717) is 17.3 Å². The fourth-order valence-corrected chi connectivity index (χ4v) is 2.91. The lowest BCUT2D eigenvalue weighted by atomic mass is 9.73. The standard InChI is InChI=1S/C14H23N3O/c1-14(2)5-3-11(4-6-14)13-16-12(18-17-13)7-10-8-15-9-10/h10-11,15H,3-9H2,1-2H3. The molecule has 0 aromatic carbocycles. The number of nitrogens with one attached hydrogen (secondary N) is 1. The second kappa shape index (κ2) is 4.65. The number of hydrogen-bond donors (Lipinski definition) is 1. The van der Waals surface area contributed by atoms with E-state index < -0.39 is 0 Å². The molecule has 18 heavy (non-hydrogen) atoms. The van der Waals surface area contributed by atoms with E-state index in [1.165, 1.54) is 25.7 Å². The zero-order chi connectivity index (χ0) is 12.6. The van der Waals surface area contributed by atoms with E-state index in [0.717, 1.165) is 31.2 Å². The van der Waals surface area contributed by atoms with E-state index in [1.807, 2.05) is 0 Å². The van der Waals surface area contributed by atoms with Crippen LogP contribution in [-0.2, 0) is 6.42 Å². The van der Waals surface area contributed by atoms with E-state index in [2.05, 4.69) is 29.3 Å². The lowest BCUT2D eigenvalue weighted by Crippen LogP contribution is -2.43. The zero-order valence-electron chi connectivity index (χ0n) is 11.4. The molecule has 3 rings (SSSR count). The molecule has 0 amide bonds. The zero-order valence-corrected chi connectivity index (χ0v) is 11.4. The summed E-state index contributed by atoms with van der Waals surface area (Å²) in [6, 6.07) is 0. The predicted octanol–water partition coefficient (Wildman–Crippen LogP) is 2.52. The molecule has 2 heterocycles. The van der Waals surface area contributed by atoms with Gasteiger partial charge >= 0.3 is 0 Å². The van der Waals surface area contributed by atoms with Crippen LogP contribution in [-0.4, -0.2) is 23.2 Å². The molecule has 1 N–H and O–H groups in total. The minimum atomic E-state index is 0.501. The quantitative estimate of drug-likeness (QED) is 0.894. The van der Waals surface area contributed by atoms with Crippen molar-refractivity contribution in [2.75, 3.05) is 13.1 Å². The molecular weight excluding hydrogens is 226 g/mol. The first-order valence-electron chi connectivity index (χ1n) is 7.16. The fourth-order valence-electron chi connectivity index (χ4n) is 2.91. The molecule has 0 radical (unpaired) electrons. The largest absolute Gasteiger partial charge is 0.339 e. The summed E-state index contributed by atoms with van der Waals surface area (Å²) in [5.41, 5.74) is 0.501. The van der Waals surface area contributed by atoms with Gasteiger partial charge in [-0.15, -0.1) is 0 Å². The first kappa shape index (κ1) is 12.2. The lowest BCUT2D eigenvalue weighted by Gasteiger charge is -2.32. The molecule has 1 aromatic heterocycles. The molecule has 2 fully saturated rings. The van der Waals surface area contributed by atoms with Crippen molar-refractivity contribution >= 4 is 0 Å². The highest BCUT2D eigenvalue weighted by molar-refractivity contribution is 5.00. The Labute approximate surface area is 109 Å². The Morgan fingerprint density at radius 3 is 2.61 bits per heavy atom. The van der Waals surface area contributed by atoms with Crippen LogP contribution >= 0.6 is 0 Å². The molecule has 2 aliphatic rings. The van der Waals surface area contributed by atoms with Crippen LogP contribution in [0, 0.1) is 11.3 Å². The van der Waals surface area contributed by atoms with Crippen LogP contribution in [0.15, 0.2) is 4.52 Å². The average Bonchev–Trinajstić information content (AvgIpc) is 2.72. The number of hydrogen-bond acceptors (Lipinski definition) is 4. The van der Waals surface area contributed by atoms with Crippen molar-refractivity contribution in [2.45, 2.75) is 51.9 Å². The summed E-state index contributed by atoms with van der Waals surface area (Å²) < 4.78 is 5.39. The summed E-state index contributed by atoms with van der Waals surface area (Å²) >= 11 is 0. The summed E-state index contributed by atoms with van der Waals surface area (Å²) in [4.78, 5) is 4.60. The van der Waals surface area contributed by atoms with E-state index >= 15 is 0 Å². The highest BCUT2D eigenvalue weighted by Gasteiger charge is 2.30. The maximum absolute atomic E-state index is 5.39. The topological polar surface area (TPSA) is 51.0 Å². The maximum Gasteiger partial charge on any atom is 0.227 e. The molecule has 0 spiro atoms. The van der Waals surface area contributed by atoms with Crippen molar-refractivity contribution in [1.29, 1.82) is 0 Å². The molecule has 1 saturated heterocycles. The van der Waals surface area contributed by atoms with Crippen LogP contribution in [0.25, 0.3) is 0 Å². The SMILES string of the molecule is CC1(C)CCC(c2noc(CC3CNC3)n2)CC1. The molecule has 4 heteroatoms. The van der Waals surface area contributed by atoms with Crippen molar-refractivity contribution in [1.82, 2.24) is 15.5 Å². The van der Waals surface area contributed by atoms with Gasteiger partial charge in [-0.05, 0) is 50.1 Å². The normalized spacial score (nSPS) is 25.0. The third-order valence-electron chi connectivity index (χ3n) is 4.52. The predicted molar refractivity (Wildman–Crippen MR) is 69.4 cm³/mol. The first-order chi connectivity index (χ1) is 8.62. The van der Waals surface area contributed by atoms with E-state index in [4.69, 9.17) is 4.52 Å². The summed E-state index contributed by atoms with van der Waals surface area (Å²) in [6.07, 6.45) is 5.90. The second-order valence-electron chi connectivity index (χ2n) is 6.71. The number of aromatic nitrogens is 2. The van der Waals surface area contributed by atoms with Crippen molar-refractivity contribution in [3.8, 4) is 0 Å². The molecule has 1 aromatic rings. The highest BCUT2D eigenvalue weighted by Crippen LogP contribution is 2.41. The van der Waals surface area contributed by atoms with E-state index in [1.54, 1.807) is 0 Å². The first-order valence-corrected chi connectivity index (χ1v) is 7.16. The molecule has 0 unspecified atom stereocenters. The number of rotatable bonds is 3. The van der Waals surface area contributed by atoms with Gasteiger partial charge in [0.1, 0.15) is 0 Å². The smallest absolute Gasteiger partial charge is 0.227 e. The van der Waals surface area contributed by atoms with Gasteiger partial charge in [0.05, 0.1) is 0 Å². The van der Waals surface area contributed by atoms with Gasteiger partial charge in [-0.1, -0.05) is 19.0 Å². The Kier molecular flexibility index (Phi) is 3.14. The molecule has 4 nitrogen and oxygen atoms in total. The van der Waals surface area contributed by atoms with Gasteiger partial charge in [0.25, 0.3) is 0 Å². The molecule has 1 saturated carbocycles. The lowest BCUT2D eigenvalue weighted by molar-refractivity contribution is 0.218. The maximum atomic E-state index is 5.39. The third kappa shape index (κ3) is 2.58. The molecule has 1 aliphatic carbocycles. The van der Waals surface area contributed by atoms with Crippen molar-refractivity contribution in [3.63, 3.8) is 0 Å². The third-order valence-corrected chi connectivity index (χ3v) is 4.52. The van der Waals surface area contributed by atoms with Crippen LogP contribution in [0.5, 0.6) is 0 Å². The van der Waals surface area contributed by atoms with Crippen molar-refractivity contribution in [3.05, 3.63) is 11.7 Å². The van der Waals surface area contributed by atoms with Gasteiger partial charge in [-0.2, -0.15) is 4.98 Å². The van der Waals surface area contributed by atoms with Crippen LogP contribution in [0.4, 0.5) is 0 Å². The molecule has 0 bridgehead atoms. The monoisotopic (exact) mass is 249 g/mol. The van der Waals surface area contributed by atoms with Gasteiger partial charge in [0, 0.05) is 12.3 Å². The van der Waals surface area contributed by atoms with Gasteiger partial charge in [-0.25, -0.2) is 0 Å². The van der Waals surface area contributed by atoms with Gasteiger partial charge < -0.3 is 9.84 Å². The Bertz CT molecular complexity index is 399. The molecule has 100 valence electrons. The van der Waals surface area contributed by atoms with Crippen LogP contribution in [0.1, 0.15) is 57.2 Å². The van der Waals surface area contributed by atoms with Crippen LogP contribution < -0.4 is 5.32 Å². The summed E-state index contributed by atoms with van der Waals surface area (Å²) in [6.45, 7) is 6.90. The Morgan fingerprint density at radius 1 is 1.28 bits per heavy atom. The van der Waals surface area contributed by atoms with Crippen LogP contribution in [0.2, 0.25) is 0 Å². The number of nitrogens with zero attached hydrogens (tertiary/aromatic N) is 2. The Balaban J connectivity index is 1.59. The van der Waals surface area contributed by atoms with Gasteiger partial charge in [-0.3, -0.25) is 0 Å². The average molecular weight is 249 g/mol. The summed E-state index contributed by atoms with van der Waals surface area (Å²) in [5, 5.41) is 7.46. The Morgan fingerprint density at radius 2 is 2.00 bits per heavy atom. The summed E-state index contributed by atoms with van der Waals surface area (Å²) in [7, 11) is 0. The molecule has 0 atom stereocenters. The van der Waals surface area contributed by atoms with Gasteiger partial charge in [0.2, 0.25) is 5.89 Å². The van der Waals surface area contributed by atoms with Crippen molar-refractivity contribution < 1.29 is 4.52 Å². The van der Waals surface area contributed by atoms with Gasteiger partial charge in [0.15, 0.2) is 5.82 Å². The van der Waals surface area contributed by atoms with Crippen LogP contribution in [0.3, 0.4) is 0 Å². The van der Waals surface area contributed by atoms with Crippen molar-refractivity contribution in [2.24, 2.45) is 11.3 Å². The summed E-state index contributed by atoms with van der Waals surface area (Å²) in [5.74, 6) is 3.01. The minimum absolute atomic E-state index is 0.501. The van der Waals surface area contributed by atoms with E-state index in [-0.39, 0.29) is 0 Å². The minimum Gasteiger partial charge on any atom is -0.339 e. The molecular formula is C14H23N3O.